The first-order chi connectivity index (χ1) is 8.79. The van der Waals surface area contributed by atoms with Gasteiger partial charge in [-0.2, -0.15) is 11.8 Å². The van der Waals surface area contributed by atoms with Crippen molar-refractivity contribution in [2.75, 3.05) is 39.7 Å². The minimum atomic E-state index is -1.07. The van der Waals surface area contributed by atoms with Gasteiger partial charge in [-0.1, -0.05) is 0 Å². The van der Waals surface area contributed by atoms with E-state index in [9.17, 15) is 14.4 Å². The van der Waals surface area contributed by atoms with Crippen LogP contribution >= 0.6 is 11.8 Å². The Morgan fingerprint density at radius 3 is 2.26 bits per heavy atom. The molecule has 0 aliphatic carbocycles. The molecule has 0 fully saturated rings. The number of hydrogen-bond donors (Lipinski definition) is 2. The van der Waals surface area contributed by atoms with E-state index in [1.165, 1.54) is 23.7 Å². The van der Waals surface area contributed by atoms with Gasteiger partial charge in [-0.15, -0.1) is 0 Å². The third-order valence-corrected chi connectivity index (χ3v) is 3.07. The largest absolute Gasteiger partial charge is 0.480 e. The number of rotatable bonds is 7. The zero-order valence-corrected chi connectivity index (χ0v) is 12.5. The van der Waals surface area contributed by atoms with Crippen LogP contribution in [0.25, 0.3) is 0 Å². The number of nitrogens with one attached hydrogen (secondary N) is 1. The number of amides is 3. The Balaban J connectivity index is 4.38. The summed E-state index contributed by atoms with van der Waals surface area (Å²) < 4.78 is 0. The van der Waals surface area contributed by atoms with Crippen molar-refractivity contribution in [2.24, 2.45) is 0 Å². The lowest BCUT2D eigenvalue weighted by atomic mass is 10.2. The van der Waals surface area contributed by atoms with Gasteiger partial charge in [-0.3, -0.25) is 4.79 Å². The van der Waals surface area contributed by atoms with E-state index in [4.69, 9.17) is 5.11 Å². The van der Waals surface area contributed by atoms with E-state index >= 15 is 0 Å². The first kappa shape index (κ1) is 17.6. The molecule has 3 amide bonds. The molecule has 0 rings (SSSR count). The molecule has 1 atom stereocenters. The van der Waals surface area contributed by atoms with E-state index in [0.717, 1.165) is 4.90 Å². The summed E-state index contributed by atoms with van der Waals surface area (Å²) in [6.45, 7) is -0.0896. The number of urea groups is 1. The number of carboxylic acid groups (broad SMARTS) is 1. The molecule has 1 unspecified atom stereocenters. The molecule has 0 bridgehead atoms. The number of carboxylic acids is 1. The minimum absolute atomic E-state index is 0.0896. The predicted octanol–water partition coefficient (Wildman–Crippen LogP) is -0.0777. The molecule has 19 heavy (non-hydrogen) atoms. The third kappa shape index (κ3) is 6.90. The second-order valence-electron chi connectivity index (χ2n) is 4.27. The maximum absolute atomic E-state index is 11.8. The lowest BCUT2D eigenvalue weighted by molar-refractivity contribution is -0.139. The number of hydrogen-bond acceptors (Lipinski definition) is 4. The molecule has 0 aromatic carbocycles. The summed E-state index contributed by atoms with van der Waals surface area (Å²) in [5.74, 6) is -0.666. The zero-order chi connectivity index (χ0) is 15.0. The fourth-order valence-corrected chi connectivity index (χ4v) is 1.64. The quantitative estimate of drug-likeness (QED) is 0.685. The summed E-state index contributed by atoms with van der Waals surface area (Å²) in [6, 6.07) is -1.50. The number of carbonyl (C=O) groups is 3. The smallest absolute Gasteiger partial charge is 0.326 e. The predicted molar refractivity (Wildman–Crippen MR) is 74.3 cm³/mol. The van der Waals surface area contributed by atoms with Gasteiger partial charge in [0.05, 0.1) is 0 Å². The number of carbonyl (C=O) groups excluding carboxylic acids is 2. The Bertz CT molecular complexity index is 336. The molecular formula is C11H21N3O4S. The Morgan fingerprint density at radius 1 is 1.26 bits per heavy atom. The third-order valence-electron chi connectivity index (χ3n) is 2.42. The molecular weight excluding hydrogens is 270 g/mol. The maximum atomic E-state index is 11.8. The van der Waals surface area contributed by atoms with Gasteiger partial charge in [0.2, 0.25) is 5.91 Å². The summed E-state index contributed by atoms with van der Waals surface area (Å²) in [5.41, 5.74) is 0. The summed E-state index contributed by atoms with van der Waals surface area (Å²) in [6.07, 6.45) is 2.21. The van der Waals surface area contributed by atoms with E-state index in [0.29, 0.717) is 12.2 Å². The van der Waals surface area contributed by atoms with Gasteiger partial charge in [0, 0.05) is 21.1 Å². The Kier molecular flexibility index (Phi) is 7.97. The SMILES string of the molecule is CSCCC(NC(=O)N(C)CC(=O)N(C)C)C(=O)O. The van der Waals surface area contributed by atoms with Gasteiger partial charge in [0.15, 0.2) is 0 Å². The Morgan fingerprint density at radius 2 is 1.84 bits per heavy atom. The van der Waals surface area contributed by atoms with Gasteiger partial charge in [0.25, 0.3) is 0 Å². The highest BCUT2D eigenvalue weighted by Crippen LogP contribution is 2.02. The summed E-state index contributed by atoms with van der Waals surface area (Å²) in [4.78, 5) is 36.7. The van der Waals surface area contributed by atoms with Crippen LogP contribution in [0.4, 0.5) is 4.79 Å². The van der Waals surface area contributed by atoms with E-state index in [-0.39, 0.29) is 12.5 Å². The second kappa shape index (κ2) is 8.63. The molecule has 7 nitrogen and oxygen atoms in total. The molecule has 0 heterocycles. The summed E-state index contributed by atoms with van der Waals surface area (Å²) in [5, 5.41) is 11.4. The zero-order valence-electron chi connectivity index (χ0n) is 11.7. The molecule has 0 spiro atoms. The molecule has 0 aliphatic heterocycles. The molecule has 110 valence electrons. The molecule has 0 aromatic heterocycles. The van der Waals surface area contributed by atoms with Gasteiger partial charge in [-0.25, -0.2) is 9.59 Å². The fraction of sp³-hybridized carbons (Fsp3) is 0.727. The lowest BCUT2D eigenvalue weighted by Gasteiger charge is -2.22. The van der Waals surface area contributed by atoms with Gasteiger partial charge < -0.3 is 20.2 Å². The van der Waals surface area contributed by atoms with E-state index < -0.39 is 18.0 Å². The van der Waals surface area contributed by atoms with E-state index in [1.807, 2.05) is 6.26 Å². The first-order valence-electron chi connectivity index (χ1n) is 5.73. The van der Waals surface area contributed by atoms with Crippen LogP contribution in [-0.4, -0.2) is 78.6 Å². The van der Waals surface area contributed by atoms with Crippen molar-refractivity contribution in [1.29, 1.82) is 0 Å². The maximum Gasteiger partial charge on any atom is 0.326 e. The van der Waals surface area contributed by atoms with Crippen LogP contribution in [0.2, 0.25) is 0 Å². The van der Waals surface area contributed by atoms with Crippen molar-refractivity contribution >= 4 is 29.7 Å². The molecule has 0 aromatic rings. The second-order valence-corrected chi connectivity index (χ2v) is 5.25. The van der Waals surface area contributed by atoms with Crippen molar-refractivity contribution < 1.29 is 19.5 Å². The van der Waals surface area contributed by atoms with Gasteiger partial charge >= 0.3 is 12.0 Å². The van der Waals surface area contributed by atoms with Crippen LogP contribution in [0.3, 0.4) is 0 Å². The number of nitrogens with zero attached hydrogens (tertiary/aromatic N) is 2. The van der Waals surface area contributed by atoms with E-state index in [2.05, 4.69) is 5.32 Å². The van der Waals surface area contributed by atoms with Crippen LogP contribution in [0.1, 0.15) is 6.42 Å². The number of likely N-dealkylation sites (N-methyl/N-ethyl adjacent to an activating group) is 2. The molecule has 0 aliphatic rings. The standard InChI is InChI=1S/C11H21N3O4S/c1-13(2)9(15)7-14(3)11(18)12-8(10(16)17)5-6-19-4/h8H,5-7H2,1-4H3,(H,12,18)(H,16,17). The molecule has 0 saturated heterocycles. The fourth-order valence-electron chi connectivity index (χ4n) is 1.17. The minimum Gasteiger partial charge on any atom is -0.480 e. The van der Waals surface area contributed by atoms with Crippen molar-refractivity contribution in [2.45, 2.75) is 12.5 Å². The number of thioether (sulfide) groups is 1. The van der Waals surface area contributed by atoms with Crippen molar-refractivity contribution in [1.82, 2.24) is 15.1 Å². The van der Waals surface area contributed by atoms with Crippen molar-refractivity contribution in [3.8, 4) is 0 Å². The van der Waals surface area contributed by atoms with Crippen LogP contribution in [0.5, 0.6) is 0 Å². The number of aliphatic carboxylic acids is 1. The van der Waals surface area contributed by atoms with E-state index in [1.54, 1.807) is 14.1 Å². The average molecular weight is 291 g/mol. The van der Waals surface area contributed by atoms with Gasteiger partial charge in [-0.05, 0) is 18.4 Å². The highest BCUT2D eigenvalue weighted by atomic mass is 32.2. The average Bonchev–Trinajstić information content (AvgIpc) is 2.33. The molecule has 0 saturated carbocycles. The Hall–Kier alpha value is -1.44. The van der Waals surface area contributed by atoms with Crippen LogP contribution < -0.4 is 5.32 Å². The van der Waals surface area contributed by atoms with Crippen molar-refractivity contribution in [3.63, 3.8) is 0 Å². The van der Waals surface area contributed by atoms with Crippen LogP contribution in [0.15, 0.2) is 0 Å². The summed E-state index contributed by atoms with van der Waals surface area (Å²) in [7, 11) is 4.63. The normalized spacial score (nSPS) is 11.6. The lowest BCUT2D eigenvalue weighted by Crippen LogP contribution is -2.49. The topological polar surface area (TPSA) is 90.0 Å². The van der Waals surface area contributed by atoms with Crippen molar-refractivity contribution in [3.05, 3.63) is 0 Å². The molecule has 2 N–H and O–H groups in total. The monoisotopic (exact) mass is 291 g/mol. The van der Waals surface area contributed by atoms with Crippen LogP contribution in [0, 0.1) is 0 Å². The highest BCUT2D eigenvalue weighted by Gasteiger charge is 2.22. The molecule has 0 radical (unpaired) electrons. The van der Waals surface area contributed by atoms with Gasteiger partial charge in [0.1, 0.15) is 12.6 Å². The van der Waals surface area contributed by atoms with Crippen LogP contribution in [-0.2, 0) is 9.59 Å². The first-order valence-corrected chi connectivity index (χ1v) is 7.12. The highest BCUT2D eigenvalue weighted by molar-refractivity contribution is 7.98. The molecule has 8 heteroatoms. The Labute approximate surface area is 117 Å². The summed E-state index contributed by atoms with van der Waals surface area (Å²) >= 11 is 1.51.